The Morgan fingerprint density at radius 2 is 1.54 bits per heavy atom. The van der Waals surface area contributed by atoms with E-state index >= 15 is 0 Å². The molecule has 0 aliphatic heterocycles. The second-order valence-electron chi connectivity index (χ2n) is 9.36. The van der Waals surface area contributed by atoms with E-state index in [0.29, 0.717) is 26.9 Å². The van der Waals surface area contributed by atoms with Crippen molar-refractivity contribution in [3.8, 4) is 0 Å². The van der Waals surface area contributed by atoms with Gasteiger partial charge in [-0.05, 0) is 74.7 Å². The fraction of sp³-hybridized carbons (Fsp3) is 0.310. The van der Waals surface area contributed by atoms with Gasteiger partial charge in [-0.15, -0.1) is 0 Å². The molecule has 7 nitrogen and oxygen atoms in total. The molecule has 0 aromatic heterocycles. The van der Waals surface area contributed by atoms with Crippen LogP contribution in [0.3, 0.4) is 0 Å². The van der Waals surface area contributed by atoms with Crippen LogP contribution in [0.15, 0.2) is 77.7 Å². The molecule has 0 aliphatic carbocycles. The predicted octanol–water partition coefficient (Wildman–Crippen LogP) is 5.83. The van der Waals surface area contributed by atoms with Gasteiger partial charge in [-0.3, -0.25) is 13.9 Å². The van der Waals surface area contributed by atoms with Crippen LogP contribution in [-0.4, -0.2) is 43.8 Å². The first-order valence-electron chi connectivity index (χ1n) is 12.6. The van der Waals surface area contributed by atoms with Crippen LogP contribution >= 0.6 is 23.2 Å². The van der Waals surface area contributed by atoms with Crippen LogP contribution in [0.25, 0.3) is 0 Å². The average molecular weight is 591 g/mol. The normalized spacial score (nSPS) is 12.9. The summed E-state index contributed by atoms with van der Waals surface area (Å²) in [5.74, 6) is -0.893. The van der Waals surface area contributed by atoms with Crippen molar-refractivity contribution in [2.75, 3.05) is 10.8 Å². The second kappa shape index (κ2) is 13.3. The zero-order valence-electron chi connectivity index (χ0n) is 22.4. The van der Waals surface area contributed by atoms with Gasteiger partial charge in [-0.1, -0.05) is 66.5 Å². The summed E-state index contributed by atoms with van der Waals surface area (Å²) in [5, 5.41) is 3.74. The number of carbonyl (C=O) groups is 2. The third-order valence-corrected chi connectivity index (χ3v) is 8.93. The number of anilines is 1. The Morgan fingerprint density at radius 3 is 2.15 bits per heavy atom. The molecule has 39 heavy (non-hydrogen) atoms. The lowest BCUT2D eigenvalue weighted by atomic mass is 10.1. The predicted molar refractivity (Wildman–Crippen MR) is 157 cm³/mol. The minimum Gasteiger partial charge on any atom is -0.352 e. The Bertz CT molecular complexity index is 1410. The molecule has 10 heteroatoms. The minimum absolute atomic E-state index is 0.0110. The topological polar surface area (TPSA) is 86.8 Å². The SMILES string of the molecule is CC[C@H](C)NC(=O)[C@@H](C)N(Cc1ccccc1Cl)C(=O)CN(c1ccccc1C)S(=O)(=O)c1ccc(Cl)cc1. The molecule has 2 atom stereocenters. The maximum absolute atomic E-state index is 14.0. The number of nitrogens with zero attached hydrogens (tertiary/aromatic N) is 2. The standard InChI is InChI=1S/C29H33Cl2N3O4S/c1-5-21(3)32-29(36)22(4)33(18-23-11-7-8-12-26(23)31)28(35)19-34(27-13-9-6-10-20(27)2)39(37,38)25-16-14-24(30)15-17-25/h6-17,21-22H,5,18-19H2,1-4H3,(H,32,36)/t21-,22+/m0/s1. The third kappa shape index (κ3) is 7.53. The molecule has 3 aromatic rings. The van der Waals surface area contributed by atoms with Crippen LogP contribution in [0.2, 0.25) is 10.0 Å². The maximum Gasteiger partial charge on any atom is 0.264 e. The molecule has 0 heterocycles. The van der Waals surface area contributed by atoms with Gasteiger partial charge >= 0.3 is 0 Å². The molecule has 0 spiro atoms. The lowest BCUT2D eigenvalue weighted by molar-refractivity contribution is -0.139. The number of hydrogen-bond acceptors (Lipinski definition) is 4. The number of para-hydroxylation sites is 1. The molecule has 3 aromatic carbocycles. The molecular formula is C29H33Cl2N3O4S. The molecule has 1 N–H and O–H groups in total. The maximum atomic E-state index is 14.0. The highest BCUT2D eigenvalue weighted by Gasteiger charge is 2.33. The number of halogens is 2. The van der Waals surface area contributed by atoms with Crippen molar-refractivity contribution in [3.05, 3.63) is 94.0 Å². The molecule has 3 rings (SSSR count). The zero-order valence-corrected chi connectivity index (χ0v) is 24.7. The number of amides is 2. The minimum atomic E-state index is -4.17. The summed E-state index contributed by atoms with van der Waals surface area (Å²) in [7, 11) is -4.17. The highest BCUT2D eigenvalue weighted by molar-refractivity contribution is 7.92. The molecule has 0 saturated heterocycles. The van der Waals surface area contributed by atoms with Crippen molar-refractivity contribution < 1.29 is 18.0 Å². The molecule has 0 radical (unpaired) electrons. The summed E-state index contributed by atoms with van der Waals surface area (Å²) < 4.78 is 28.8. The number of nitrogens with one attached hydrogen (secondary N) is 1. The van der Waals surface area contributed by atoms with E-state index in [4.69, 9.17) is 23.2 Å². The van der Waals surface area contributed by atoms with Crippen molar-refractivity contribution in [3.63, 3.8) is 0 Å². The number of hydrogen-bond donors (Lipinski definition) is 1. The molecule has 0 bridgehead atoms. The van der Waals surface area contributed by atoms with Gasteiger partial charge in [0.1, 0.15) is 12.6 Å². The van der Waals surface area contributed by atoms with Gasteiger partial charge in [0.25, 0.3) is 10.0 Å². The molecular weight excluding hydrogens is 557 g/mol. The van der Waals surface area contributed by atoms with Gasteiger partial charge in [0, 0.05) is 22.6 Å². The van der Waals surface area contributed by atoms with Crippen LogP contribution in [0.1, 0.15) is 38.3 Å². The average Bonchev–Trinajstić information content (AvgIpc) is 2.91. The van der Waals surface area contributed by atoms with Crippen LogP contribution in [0, 0.1) is 6.92 Å². The monoisotopic (exact) mass is 589 g/mol. The Labute approximate surface area is 240 Å². The molecule has 0 aliphatic rings. The van der Waals surface area contributed by atoms with E-state index in [1.165, 1.54) is 29.2 Å². The number of benzene rings is 3. The summed E-state index contributed by atoms with van der Waals surface area (Å²) in [6.07, 6.45) is 0.720. The number of sulfonamides is 1. The van der Waals surface area contributed by atoms with E-state index in [0.717, 1.165) is 10.7 Å². The molecule has 0 unspecified atom stereocenters. The Kier molecular flexibility index (Phi) is 10.4. The summed E-state index contributed by atoms with van der Waals surface area (Å²) in [6, 6.07) is 18.7. The Morgan fingerprint density at radius 1 is 0.923 bits per heavy atom. The summed E-state index contributed by atoms with van der Waals surface area (Å²) in [5.41, 5.74) is 1.66. The van der Waals surface area contributed by atoms with Crippen LogP contribution in [-0.2, 0) is 26.2 Å². The molecule has 2 amide bonds. The van der Waals surface area contributed by atoms with Gasteiger partial charge in [0.05, 0.1) is 10.6 Å². The van der Waals surface area contributed by atoms with Crippen molar-refractivity contribution in [1.82, 2.24) is 10.2 Å². The number of rotatable bonds is 11. The highest BCUT2D eigenvalue weighted by Crippen LogP contribution is 2.28. The van der Waals surface area contributed by atoms with E-state index in [2.05, 4.69) is 5.32 Å². The summed E-state index contributed by atoms with van der Waals surface area (Å²) in [6.45, 7) is 6.72. The van der Waals surface area contributed by atoms with E-state index in [1.54, 1.807) is 62.4 Å². The van der Waals surface area contributed by atoms with Gasteiger partial charge in [-0.25, -0.2) is 8.42 Å². The number of carbonyl (C=O) groups excluding carboxylic acids is 2. The first-order valence-corrected chi connectivity index (χ1v) is 14.8. The van der Waals surface area contributed by atoms with Gasteiger partial charge < -0.3 is 10.2 Å². The lowest BCUT2D eigenvalue weighted by Crippen LogP contribution is -2.52. The third-order valence-electron chi connectivity index (χ3n) is 6.53. The fourth-order valence-electron chi connectivity index (χ4n) is 3.95. The van der Waals surface area contributed by atoms with Crippen molar-refractivity contribution >= 4 is 50.7 Å². The van der Waals surface area contributed by atoms with Gasteiger partial charge in [0.15, 0.2) is 0 Å². The first-order chi connectivity index (χ1) is 18.4. The van der Waals surface area contributed by atoms with E-state index in [-0.39, 0.29) is 23.4 Å². The Hall–Kier alpha value is -3.07. The van der Waals surface area contributed by atoms with Crippen molar-refractivity contribution in [2.45, 2.75) is 57.6 Å². The van der Waals surface area contributed by atoms with Crippen molar-refractivity contribution in [1.29, 1.82) is 0 Å². The Balaban J connectivity index is 2.05. The van der Waals surface area contributed by atoms with Gasteiger partial charge in [0.2, 0.25) is 11.8 Å². The van der Waals surface area contributed by atoms with Crippen LogP contribution < -0.4 is 9.62 Å². The molecule has 0 fully saturated rings. The molecule has 0 saturated carbocycles. The quantitative estimate of drug-likeness (QED) is 0.305. The largest absolute Gasteiger partial charge is 0.352 e. The van der Waals surface area contributed by atoms with E-state index in [9.17, 15) is 18.0 Å². The second-order valence-corrected chi connectivity index (χ2v) is 12.1. The smallest absolute Gasteiger partial charge is 0.264 e. The first kappa shape index (κ1) is 30.5. The zero-order chi connectivity index (χ0) is 28.7. The van der Waals surface area contributed by atoms with Crippen LogP contribution in [0.5, 0.6) is 0 Å². The van der Waals surface area contributed by atoms with E-state index in [1.807, 2.05) is 13.8 Å². The lowest BCUT2D eigenvalue weighted by Gasteiger charge is -2.33. The van der Waals surface area contributed by atoms with E-state index < -0.39 is 28.5 Å². The summed E-state index contributed by atoms with van der Waals surface area (Å²) in [4.78, 5) is 28.4. The fourth-order valence-corrected chi connectivity index (χ4v) is 5.75. The van der Waals surface area contributed by atoms with Crippen molar-refractivity contribution in [2.24, 2.45) is 0 Å². The van der Waals surface area contributed by atoms with Gasteiger partial charge in [-0.2, -0.15) is 0 Å². The summed E-state index contributed by atoms with van der Waals surface area (Å²) >= 11 is 12.4. The number of aryl methyl sites for hydroxylation is 1. The highest BCUT2D eigenvalue weighted by atomic mass is 35.5. The van der Waals surface area contributed by atoms with Crippen LogP contribution in [0.4, 0.5) is 5.69 Å². The molecule has 208 valence electrons.